The van der Waals surface area contributed by atoms with E-state index in [1.807, 2.05) is 6.07 Å². The number of carbonyl (C=O) groups is 1. The predicted octanol–water partition coefficient (Wildman–Crippen LogP) is 2.27. The van der Waals surface area contributed by atoms with Gasteiger partial charge in [0.1, 0.15) is 0 Å². The van der Waals surface area contributed by atoms with Crippen LogP contribution < -0.4 is 23.7 Å². The first kappa shape index (κ1) is 19.2. The van der Waals surface area contributed by atoms with Crippen LogP contribution in [-0.4, -0.2) is 50.4 Å². The molecule has 2 aromatic carbocycles. The number of aliphatic hydroxyl groups is 1. The fourth-order valence-electron chi connectivity index (χ4n) is 4.06. The van der Waals surface area contributed by atoms with Gasteiger partial charge in [-0.3, -0.25) is 4.79 Å². The highest BCUT2D eigenvalue weighted by molar-refractivity contribution is 5.83. The molecule has 0 saturated heterocycles. The van der Waals surface area contributed by atoms with Crippen LogP contribution in [0.5, 0.6) is 28.7 Å². The van der Waals surface area contributed by atoms with Gasteiger partial charge in [-0.1, -0.05) is 0 Å². The van der Waals surface area contributed by atoms with Crippen molar-refractivity contribution in [2.45, 2.75) is 18.9 Å². The smallest absolute Gasteiger partial charge is 0.309 e. The van der Waals surface area contributed by atoms with Gasteiger partial charge >= 0.3 is 5.97 Å². The molecular formula is C21H22O8. The average Bonchev–Trinajstić information content (AvgIpc) is 3.18. The van der Waals surface area contributed by atoms with Gasteiger partial charge in [0.15, 0.2) is 23.0 Å². The van der Waals surface area contributed by atoms with E-state index >= 15 is 0 Å². The van der Waals surface area contributed by atoms with Gasteiger partial charge in [-0.05, 0) is 47.7 Å². The van der Waals surface area contributed by atoms with Crippen LogP contribution in [0.1, 0.15) is 11.1 Å². The van der Waals surface area contributed by atoms with Gasteiger partial charge in [0, 0.05) is 5.56 Å². The van der Waals surface area contributed by atoms with E-state index in [2.05, 4.69) is 0 Å². The van der Waals surface area contributed by atoms with Crippen molar-refractivity contribution in [1.82, 2.24) is 0 Å². The van der Waals surface area contributed by atoms with E-state index in [1.165, 1.54) is 21.3 Å². The highest BCUT2D eigenvalue weighted by Crippen LogP contribution is 2.50. The third-order valence-corrected chi connectivity index (χ3v) is 5.45. The number of rotatable bonds is 5. The van der Waals surface area contributed by atoms with E-state index in [4.69, 9.17) is 23.7 Å². The van der Waals surface area contributed by atoms with Gasteiger partial charge in [-0.2, -0.15) is 0 Å². The SMILES string of the molecule is COc1cc(-c2c3c(cc4c2OCO4)C[C@H](O)[C@@H](C(=O)O)C3)cc(OC)c1OC. The first-order chi connectivity index (χ1) is 14.0. The Morgan fingerprint density at radius 3 is 2.31 bits per heavy atom. The molecule has 8 heteroatoms. The molecule has 0 spiro atoms. The van der Waals surface area contributed by atoms with Crippen LogP contribution in [-0.2, 0) is 17.6 Å². The lowest BCUT2D eigenvalue weighted by Crippen LogP contribution is -2.36. The largest absolute Gasteiger partial charge is 0.493 e. The molecule has 0 saturated carbocycles. The minimum atomic E-state index is -1.03. The Morgan fingerprint density at radius 1 is 1.03 bits per heavy atom. The number of fused-ring (bicyclic) bond motifs is 2. The standard InChI is InChI=1S/C21H22O8/c1-25-15-6-11(7-16(26-2)19(15)27-3)18-12-8-13(21(23)24)14(22)4-10(12)5-17-20(18)29-9-28-17/h5-7,13-14,22H,4,8-9H2,1-3H3,(H,23,24)/t13-,14-/m0/s1. The van der Waals surface area contributed by atoms with Gasteiger partial charge in [0.05, 0.1) is 33.4 Å². The first-order valence-electron chi connectivity index (χ1n) is 9.14. The van der Waals surface area contributed by atoms with Gasteiger partial charge in [-0.25, -0.2) is 0 Å². The number of carboxylic acids is 1. The number of hydrogen-bond donors (Lipinski definition) is 2. The molecule has 0 fully saturated rings. The van der Waals surface area contributed by atoms with Crippen LogP contribution in [0.2, 0.25) is 0 Å². The van der Waals surface area contributed by atoms with E-state index in [9.17, 15) is 15.0 Å². The zero-order chi connectivity index (χ0) is 20.7. The molecule has 4 rings (SSSR count). The summed E-state index contributed by atoms with van der Waals surface area (Å²) in [6.45, 7) is 0.0700. The second kappa shape index (κ2) is 7.36. The first-order valence-corrected chi connectivity index (χ1v) is 9.14. The molecule has 2 N–H and O–H groups in total. The normalized spacial score (nSPS) is 19.4. The zero-order valence-electron chi connectivity index (χ0n) is 16.4. The number of aliphatic carboxylic acids is 1. The molecule has 2 atom stereocenters. The highest BCUT2D eigenvalue weighted by atomic mass is 16.7. The third kappa shape index (κ3) is 3.09. The topological polar surface area (TPSA) is 104 Å². The van der Waals surface area contributed by atoms with Crippen LogP contribution in [0.15, 0.2) is 18.2 Å². The van der Waals surface area contributed by atoms with Crippen molar-refractivity contribution in [3.63, 3.8) is 0 Å². The second-order valence-electron chi connectivity index (χ2n) is 6.96. The van der Waals surface area contributed by atoms with Crippen molar-refractivity contribution in [2.24, 2.45) is 5.92 Å². The van der Waals surface area contributed by atoms with E-state index in [-0.39, 0.29) is 19.6 Å². The Hall–Kier alpha value is -3.13. The number of carboxylic acid groups (broad SMARTS) is 1. The quantitative estimate of drug-likeness (QED) is 0.785. The molecule has 1 heterocycles. The highest BCUT2D eigenvalue weighted by Gasteiger charge is 2.37. The number of ether oxygens (including phenoxy) is 5. The second-order valence-corrected chi connectivity index (χ2v) is 6.96. The fourth-order valence-corrected chi connectivity index (χ4v) is 4.06. The van der Waals surface area contributed by atoms with E-state index in [0.717, 1.165) is 16.7 Å². The van der Waals surface area contributed by atoms with Crippen molar-refractivity contribution in [3.8, 4) is 39.9 Å². The Bertz CT molecular complexity index is 943. The Balaban J connectivity index is 1.96. The summed E-state index contributed by atoms with van der Waals surface area (Å²) >= 11 is 0. The summed E-state index contributed by atoms with van der Waals surface area (Å²) in [6.07, 6.45) is -0.567. The van der Waals surface area contributed by atoms with Crippen LogP contribution in [0, 0.1) is 5.92 Å². The van der Waals surface area contributed by atoms with Crippen LogP contribution >= 0.6 is 0 Å². The molecule has 0 aromatic heterocycles. The lowest BCUT2D eigenvalue weighted by Gasteiger charge is -2.29. The van der Waals surface area contributed by atoms with Crippen molar-refractivity contribution in [1.29, 1.82) is 0 Å². The number of methoxy groups -OCH3 is 3. The maximum atomic E-state index is 11.7. The van der Waals surface area contributed by atoms with Crippen molar-refractivity contribution >= 4 is 5.97 Å². The van der Waals surface area contributed by atoms with Gasteiger partial charge < -0.3 is 33.9 Å². The van der Waals surface area contributed by atoms with E-state index in [1.54, 1.807) is 12.1 Å². The molecule has 1 aliphatic carbocycles. The Labute approximate surface area is 167 Å². The van der Waals surface area contributed by atoms with Gasteiger partial charge in [-0.15, -0.1) is 0 Å². The molecule has 0 radical (unpaired) electrons. The molecule has 0 bridgehead atoms. The zero-order valence-corrected chi connectivity index (χ0v) is 16.4. The molecule has 0 amide bonds. The summed E-state index contributed by atoms with van der Waals surface area (Å²) in [4.78, 5) is 11.7. The summed E-state index contributed by atoms with van der Waals surface area (Å²) in [5.74, 6) is 0.569. The van der Waals surface area contributed by atoms with E-state index in [0.29, 0.717) is 34.3 Å². The molecule has 2 aliphatic rings. The van der Waals surface area contributed by atoms with Crippen molar-refractivity contribution < 1.29 is 38.7 Å². The van der Waals surface area contributed by atoms with E-state index < -0.39 is 18.0 Å². The van der Waals surface area contributed by atoms with Crippen LogP contribution in [0.25, 0.3) is 11.1 Å². The molecule has 0 unspecified atom stereocenters. The molecule has 1 aliphatic heterocycles. The molecule has 29 heavy (non-hydrogen) atoms. The minimum Gasteiger partial charge on any atom is -0.493 e. The molecule has 154 valence electrons. The Morgan fingerprint density at radius 2 is 1.72 bits per heavy atom. The van der Waals surface area contributed by atoms with Crippen LogP contribution in [0.3, 0.4) is 0 Å². The lowest BCUT2D eigenvalue weighted by atomic mass is 9.78. The summed E-state index contributed by atoms with van der Waals surface area (Å²) in [5.41, 5.74) is 3.08. The lowest BCUT2D eigenvalue weighted by molar-refractivity contribution is -0.145. The molecule has 2 aromatic rings. The van der Waals surface area contributed by atoms with Gasteiger partial charge in [0.2, 0.25) is 12.5 Å². The molecular weight excluding hydrogens is 380 g/mol. The van der Waals surface area contributed by atoms with Crippen molar-refractivity contribution in [2.75, 3.05) is 28.1 Å². The fraction of sp³-hybridized carbons (Fsp3) is 0.381. The monoisotopic (exact) mass is 402 g/mol. The minimum absolute atomic E-state index is 0.0700. The summed E-state index contributed by atoms with van der Waals surface area (Å²) in [6, 6.07) is 5.40. The number of aliphatic hydroxyl groups excluding tert-OH is 1. The number of benzene rings is 2. The summed E-state index contributed by atoms with van der Waals surface area (Å²) in [5, 5.41) is 19.9. The maximum Gasteiger partial charge on any atom is 0.309 e. The Kier molecular flexibility index (Phi) is 4.87. The summed E-state index contributed by atoms with van der Waals surface area (Å²) < 4.78 is 27.7. The van der Waals surface area contributed by atoms with Gasteiger partial charge in [0.25, 0.3) is 0 Å². The van der Waals surface area contributed by atoms with Crippen LogP contribution in [0.4, 0.5) is 0 Å². The third-order valence-electron chi connectivity index (χ3n) is 5.45. The maximum absolute atomic E-state index is 11.7. The predicted molar refractivity (Wildman–Crippen MR) is 102 cm³/mol. The van der Waals surface area contributed by atoms with Crippen molar-refractivity contribution in [3.05, 3.63) is 29.3 Å². The molecule has 8 nitrogen and oxygen atoms in total. The summed E-state index contributed by atoms with van der Waals surface area (Å²) in [7, 11) is 4.59. The number of hydrogen-bond acceptors (Lipinski definition) is 7. The average molecular weight is 402 g/mol.